The molecule has 0 rings (SSSR count). The maximum absolute atomic E-state index is 2.21. The monoisotopic (exact) mass is 300 g/mol. The van der Waals surface area contributed by atoms with Crippen molar-refractivity contribution in [1.29, 1.82) is 0 Å². The van der Waals surface area contributed by atoms with E-state index < -0.39 is 0 Å². The summed E-state index contributed by atoms with van der Waals surface area (Å²) in [5.74, 6) is 0. The van der Waals surface area contributed by atoms with Crippen LogP contribution in [0.2, 0.25) is 0 Å². The van der Waals surface area contributed by atoms with Crippen molar-refractivity contribution < 1.29 is 21.1 Å². The maximum Gasteiger partial charge on any atom is 0 e. The molecule has 0 atom stereocenters. The topological polar surface area (TPSA) is 0 Å². The summed E-state index contributed by atoms with van der Waals surface area (Å²) in [6.07, 6.45) is 5.33. The van der Waals surface area contributed by atoms with Crippen LogP contribution in [0.4, 0.5) is 0 Å². The summed E-state index contributed by atoms with van der Waals surface area (Å²) in [6.45, 7) is 8.67. The number of unbranched alkanes of at least 4 members (excludes halogenated alkanes) is 2. The van der Waals surface area contributed by atoms with E-state index in [9.17, 15) is 0 Å². The minimum absolute atomic E-state index is 0. The normalized spacial score (nSPS) is 6.67. The van der Waals surface area contributed by atoms with E-state index in [4.69, 9.17) is 0 Å². The van der Waals surface area contributed by atoms with Crippen molar-refractivity contribution in [1.82, 2.24) is 0 Å². The third kappa shape index (κ3) is 53.8. The standard InChI is InChI=1S/C5H12.C3H8.W/c1-3-5-4-2;1-3-2;/h3-5H2,1-2H3;3H2,1-2H3;. The first kappa shape index (κ1) is 16.3. The Morgan fingerprint density at radius 3 is 1.00 bits per heavy atom. The molecule has 0 bridgehead atoms. The third-order valence-corrected chi connectivity index (χ3v) is 0.707. The first-order chi connectivity index (χ1) is 3.83. The van der Waals surface area contributed by atoms with Crippen molar-refractivity contribution >= 4 is 0 Å². The second-order valence-electron chi connectivity index (χ2n) is 2.06. The van der Waals surface area contributed by atoms with Crippen LogP contribution in [-0.4, -0.2) is 0 Å². The van der Waals surface area contributed by atoms with Gasteiger partial charge in [-0.1, -0.05) is 53.4 Å². The molecule has 0 aromatic carbocycles. The van der Waals surface area contributed by atoms with Crippen LogP contribution < -0.4 is 0 Å². The van der Waals surface area contributed by atoms with Crippen LogP contribution in [0.25, 0.3) is 0 Å². The van der Waals surface area contributed by atoms with E-state index in [1.165, 1.54) is 25.7 Å². The molecule has 0 nitrogen and oxygen atoms in total. The molecule has 0 N–H and O–H groups in total. The average Bonchev–Trinajstić information content (AvgIpc) is 1.71. The van der Waals surface area contributed by atoms with Crippen LogP contribution in [0.1, 0.15) is 53.4 Å². The van der Waals surface area contributed by atoms with E-state index in [0.29, 0.717) is 0 Å². The zero-order valence-electron chi connectivity index (χ0n) is 7.24. The average molecular weight is 300 g/mol. The second-order valence-corrected chi connectivity index (χ2v) is 2.06. The van der Waals surface area contributed by atoms with Gasteiger partial charge >= 0.3 is 0 Å². The summed E-state index contributed by atoms with van der Waals surface area (Å²) in [4.78, 5) is 0. The molecule has 9 heavy (non-hydrogen) atoms. The van der Waals surface area contributed by atoms with Gasteiger partial charge in [0, 0.05) is 21.1 Å². The van der Waals surface area contributed by atoms with Crippen molar-refractivity contribution in [2.24, 2.45) is 0 Å². The molecule has 0 fully saturated rings. The molecule has 0 aliphatic carbocycles. The minimum atomic E-state index is 0. The Bertz CT molecular complexity index is 18.5. The van der Waals surface area contributed by atoms with E-state index in [1.54, 1.807) is 0 Å². The van der Waals surface area contributed by atoms with Crippen LogP contribution in [0.15, 0.2) is 0 Å². The summed E-state index contributed by atoms with van der Waals surface area (Å²) < 4.78 is 0. The smallest absolute Gasteiger partial charge is 0 e. The van der Waals surface area contributed by atoms with E-state index in [-0.39, 0.29) is 21.1 Å². The SMILES string of the molecule is CCC.CCCCC.[W]. The fraction of sp³-hybridized carbons (Fsp3) is 1.00. The molecule has 0 spiro atoms. The molecule has 0 saturated heterocycles. The molecule has 0 aliphatic heterocycles. The number of hydrogen-bond acceptors (Lipinski definition) is 0. The van der Waals surface area contributed by atoms with Gasteiger partial charge in [-0.25, -0.2) is 0 Å². The van der Waals surface area contributed by atoms with Gasteiger partial charge in [0.05, 0.1) is 0 Å². The predicted octanol–water partition coefficient (Wildman–Crippen LogP) is 3.61. The Labute approximate surface area is 74.7 Å². The van der Waals surface area contributed by atoms with Gasteiger partial charge in [0.15, 0.2) is 0 Å². The molecule has 0 saturated carbocycles. The molecule has 1 heteroatoms. The zero-order chi connectivity index (χ0) is 6.83. The van der Waals surface area contributed by atoms with Gasteiger partial charge in [0.1, 0.15) is 0 Å². The molecule has 0 aromatic heterocycles. The Morgan fingerprint density at radius 2 is 1.00 bits per heavy atom. The fourth-order valence-corrected chi connectivity index (χ4v) is 0.354. The van der Waals surface area contributed by atoms with E-state index >= 15 is 0 Å². The van der Waals surface area contributed by atoms with Crippen LogP contribution in [-0.2, 0) is 21.1 Å². The Hall–Kier alpha value is 0.688. The maximum atomic E-state index is 2.21. The van der Waals surface area contributed by atoms with Gasteiger partial charge in [-0.3, -0.25) is 0 Å². The van der Waals surface area contributed by atoms with Gasteiger partial charge < -0.3 is 0 Å². The van der Waals surface area contributed by atoms with Crippen LogP contribution in [0.3, 0.4) is 0 Å². The molecular formula is C8H20W. The van der Waals surface area contributed by atoms with Crippen molar-refractivity contribution in [3.05, 3.63) is 0 Å². The molecular weight excluding hydrogens is 280 g/mol. The number of rotatable bonds is 2. The quantitative estimate of drug-likeness (QED) is 0.731. The van der Waals surface area contributed by atoms with E-state index in [0.717, 1.165) is 0 Å². The molecule has 0 unspecified atom stereocenters. The van der Waals surface area contributed by atoms with Gasteiger partial charge in [0.2, 0.25) is 0 Å². The van der Waals surface area contributed by atoms with Gasteiger partial charge in [-0.2, -0.15) is 0 Å². The third-order valence-electron chi connectivity index (χ3n) is 0.707. The van der Waals surface area contributed by atoms with Gasteiger partial charge in [0.25, 0.3) is 0 Å². The second kappa shape index (κ2) is 23.4. The molecule has 0 aromatic rings. The first-order valence-corrected chi connectivity index (χ1v) is 3.83. The summed E-state index contributed by atoms with van der Waals surface area (Å²) >= 11 is 0. The first-order valence-electron chi connectivity index (χ1n) is 3.83. The van der Waals surface area contributed by atoms with Crippen LogP contribution >= 0.6 is 0 Å². The van der Waals surface area contributed by atoms with Crippen LogP contribution in [0.5, 0.6) is 0 Å². The Morgan fingerprint density at radius 1 is 0.778 bits per heavy atom. The summed E-state index contributed by atoms with van der Waals surface area (Å²) in [6, 6.07) is 0. The largest absolute Gasteiger partial charge is 0.0656 e. The van der Waals surface area contributed by atoms with Crippen molar-refractivity contribution in [3.63, 3.8) is 0 Å². The minimum Gasteiger partial charge on any atom is -0.0656 e. The fourth-order valence-electron chi connectivity index (χ4n) is 0.354. The number of hydrogen-bond donors (Lipinski definition) is 0. The Kier molecular flexibility index (Phi) is 42.4. The predicted molar refractivity (Wildman–Crippen MR) is 41.2 cm³/mol. The zero-order valence-corrected chi connectivity index (χ0v) is 10.2. The summed E-state index contributed by atoms with van der Waals surface area (Å²) in [5.41, 5.74) is 0. The van der Waals surface area contributed by atoms with Gasteiger partial charge in [-0.15, -0.1) is 0 Å². The molecule has 0 amide bonds. The van der Waals surface area contributed by atoms with E-state index in [2.05, 4.69) is 27.7 Å². The molecule has 58 valence electrons. The summed E-state index contributed by atoms with van der Waals surface area (Å²) in [5, 5.41) is 0. The van der Waals surface area contributed by atoms with E-state index in [1.807, 2.05) is 0 Å². The molecule has 0 aliphatic rings. The Balaban J connectivity index is -0.0000000800. The van der Waals surface area contributed by atoms with Crippen LogP contribution in [0, 0.1) is 0 Å². The van der Waals surface area contributed by atoms with Crippen molar-refractivity contribution in [2.75, 3.05) is 0 Å². The molecule has 0 heterocycles. The summed E-state index contributed by atoms with van der Waals surface area (Å²) in [7, 11) is 0. The van der Waals surface area contributed by atoms with Crippen molar-refractivity contribution in [3.8, 4) is 0 Å². The van der Waals surface area contributed by atoms with Crippen molar-refractivity contribution in [2.45, 2.75) is 53.4 Å². The molecule has 0 radical (unpaired) electrons. The van der Waals surface area contributed by atoms with Gasteiger partial charge in [-0.05, 0) is 0 Å².